The number of carbonyl (C=O) groups excluding carboxylic acids is 1. The zero-order valence-electron chi connectivity index (χ0n) is 17.0. The van der Waals surface area contributed by atoms with E-state index in [9.17, 15) is 4.79 Å². The van der Waals surface area contributed by atoms with Crippen LogP contribution in [0.1, 0.15) is 5.56 Å². The smallest absolute Gasteiger partial charge is 0.227 e. The minimum absolute atomic E-state index is 0.00722. The molecule has 3 aromatic rings. The number of ether oxygens (including phenoxy) is 2. The summed E-state index contributed by atoms with van der Waals surface area (Å²) in [7, 11) is 1.64. The van der Waals surface area contributed by atoms with Crippen molar-refractivity contribution in [2.24, 2.45) is 5.92 Å². The lowest BCUT2D eigenvalue weighted by Gasteiger charge is -2.32. The molecule has 2 atom stereocenters. The van der Waals surface area contributed by atoms with E-state index < -0.39 is 0 Å². The molecule has 0 aliphatic carbocycles. The molecule has 0 saturated carbocycles. The predicted molar refractivity (Wildman–Crippen MR) is 113 cm³/mol. The SMILES string of the molecule is COc1ccc(CC(=O)N2C[C@H]3COC[C@@H]2CN(c2ncnc4[nH]ccc24)C3)cc1. The number of fused-ring (bicyclic) bond motifs is 4. The summed E-state index contributed by atoms with van der Waals surface area (Å²) >= 11 is 0. The number of hydrogen-bond acceptors (Lipinski definition) is 6. The van der Waals surface area contributed by atoms with Gasteiger partial charge in [-0.1, -0.05) is 12.1 Å². The average molecular weight is 407 g/mol. The highest BCUT2D eigenvalue weighted by molar-refractivity contribution is 5.87. The van der Waals surface area contributed by atoms with Crippen molar-refractivity contribution in [3.63, 3.8) is 0 Å². The maximum Gasteiger partial charge on any atom is 0.227 e. The fourth-order valence-electron chi connectivity index (χ4n) is 4.45. The third-order valence-corrected chi connectivity index (χ3v) is 5.94. The van der Waals surface area contributed by atoms with E-state index in [1.54, 1.807) is 13.4 Å². The Bertz CT molecular complexity index is 1030. The third-order valence-electron chi connectivity index (χ3n) is 5.94. The van der Waals surface area contributed by atoms with Crippen molar-refractivity contribution in [2.45, 2.75) is 12.5 Å². The summed E-state index contributed by atoms with van der Waals surface area (Å²) in [4.78, 5) is 29.5. The summed E-state index contributed by atoms with van der Waals surface area (Å²) < 4.78 is 11.1. The van der Waals surface area contributed by atoms with Crippen molar-refractivity contribution < 1.29 is 14.3 Å². The summed E-state index contributed by atoms with van der Waals surface area (Å²) in [5, 5.41) is 1.01. The first-order chi connectivity index (χ1) is 14.7. The Morgan fingerprint density at radius 2 is 2.03 bits per heavy atom. The standard InChI is InChI=1S/C22H25N5O3/c1-29-18-4-2-15(3-5-18)8-20(28)27-10-16-9-26(11-17(27)13-30-12-16)22-19-6-7-23-21(19)24-14-25-22/h2-7,14,16-17H,8-13H2,1H3,(H,23,24,25)/t16-,17-/m0/s1. The Kier molecular flexibility index (Phi) is 5.00. The van der Waals surface area contributed by atoms with E-state index in [1.165, 1.54) is 0 Å². The summed E-state index contributed by atoms with van der Waals surface area (Å²) in [5.41, 5.74) is 1.82. The van der Waals surface area contributed by atoms with Gasteiger partial charge >= 0.3 is 0 Å². The highest BCUT2D eigenvalue weighted by Crippen LogP contribution is 2.28. The molecule has 1 aromatic carbocycles. The number of nitrogens with zero attached hydrogens (tertiary/aromatic N) is 4. The number of aromatic nitrogens is 3. The molecule has 4 heterocycles. The van der Waals surface area contributed by atoms with Crippen LogP contribution < -0.4 is 9.64 Å². The number of anilines is 1. The van der Waals surface area contributed by atoms with Crippen LogP contribution in [0.25, 0.3) is 11.0 Å². The Hall–Kier alpha value is -3.13. The van der Waals surface area contributed by atoms with Crippen LogP contribution in [0.15, 0.2) is 42.9 Å². The molecular formula is C22H25N5O3. The Balaban J connectivity index is 1.37. The average Bonchev–Trinajstić information content (AvgIpc) is 3.05. The number of amides is 1. The summed E-state index contributed by atoms with van der Waals surface area (Å²) in [6.45, 7) is 3.41. The number of rotatable bonds is 4. The van der Waals surface area contributed by atoms with Crippen LogP contribution in [0.2, 0.25) is 0 Å². The zero-order valence-corrected chi connectivity index (χ0v) is 17.0. The van der Waals surface area contributed by atoms with Gasteiger partial charge in [-0.25, -0.2) is 9.97 Å². The van der Waals surface area contributed by atoms with Gasteiger partial charge < -0.3 is 24.3 Å². The summed E-state index contributed by atoms with van der Waals surface area (Å²) in [6.07, 6.45) is 3.86. The van der Waals surface area contributed by atoms with E-state index >= 15 is 0 Å². The number of hydrogen-bond donors (Lipinski definition) is 1. The van der Waals surface area contributed by atoms with Gasteiger partial charge in [-0.2, -0.15) is 0 Å². The Morgan fingerprint density at radius 3 is 2.87 bits per heavy atom. The van der Waals surface area contributed by atoms with Crippen LogP contribution in [0, 0.1) is 5.92 Å². The molecule has 2 bridgehead atoms. The van der Waals surface area contributed by atoms with Crippen LogP contribution in [0.5, 0.6) is 5.75 Å². The highest BCUT2D eigenvalue weighted by Gasteiger charge is 2.36. The molecule has 2 aliphatic heterocycles. The maximum atomic E-state index is 13.2. The van der Waals surface area contributed by atoms with Crippen molar-refractivity contribution >= 4 is 22.8 Å². The van der Waals surface area contributed by atoms with Crippen LogP contribution in [0.4, 0.5) is 5.82 Å². The first-order valence-electron chi connectivity index (χ1n) is 10.2. The molecule has 2 saturated heterocycles. The molecular weight excluding hydrogens is 382 g/mol. The third kappa shape index (κ3) is 3.59. The lowest BCUT2D eigenvalue weighted by molar-refractivity contribution is -0.132. The first kappa shape index (κ1) is 18.9. The van der Waals surface area contributed by atoms with Crippen LogP contribution in [-0.2, 0) is 16.0 Å². The molecule has 0 unspecified atom stereocenters. The number of aromatic amines is 1. The Morgan fingerprint density at radius 1 is 1.17 bits per heavy atom. The van der Waals surface area contributed by atoms with Crippen LogP contribution >= 0.6 is 0 Å². The molecule has 1 amide bonds. The second-order valence-corrected chi connectivity index (χ2v) is 7.97. The molecule has 2 aromatic heterocycles. The largest absolute Gasteiger partial charge is 0.497 e. The number of carbonyl (C=O) groups is 1. The van der Waals surface area contributed by atoms with E-state index in [-0.39, 0.29) is 17.9 Å². The molecule has 2 fully saturated rings. The van der Waals surface area contributed by atoms with Gasteiger partial charge in [0, 0.05) is 31.7 Å². The van der Waals surface area contributed by atoms with Crippen molar-refractivity contribution in [2.75, 3.05) is 44.9 Å². The van der Waals surface area contributed by atoms with Gasteiger partial charge in [-0.3, -0.25) is 4.79 Å². The molecule has 0 spiro atoms. The summed E-state index contributed by atoms with van der Waals surface area (Å²) in [6, 6.07) is 9.69. The monoisotopic (exact) mass is 407 g/mol. The highest BCUT2D eigenvalue weighted by atomic mass is 16.5. The molecule has 0 radical (unpaired) electrons. The maximum absolute atomic E-state index is 13.2. The van der Waals surface area contributed by atoms with Crippen molar-refractivity contribution in [3.8, 4) is 5.75 Å². The Labute approximate surface area is 174 Å². The molecule has 5 rings (SSSR count). The van der Waals surface area contributed by atoms with Crippen LogP contribution in [-0.4, -0.2) is 71.8 Å². The van der Waals surface area contributed by atoms with Crippen LogP contribution in [0.3, 0.4) is 0 Å². The lowest BCUT2D eigenvalue weighted by atomic mass is 10.1. The fourth-order valence-corrected chi connectivity index (χ4v) is 4.45. The van der Waals surface area contributed by atoms with Gasteiger partial charge in [0.15, 0.2) is 0 Å². The minimum Gasteiger partial charge on any atom is -0.497 e. The molecule has 1 N–H and O–H groups in total. The lowest BCUT2D eigenvalue weighted by Crippen LogP contribution is -2.47. The molecule has 8 heteroatoms. The van der Waals surface area contributed by atoms with Gasteiger partial charge in [0.1, 0.15) is 23.5 Å². The van der Waals surface area contributed by atoms with Crippen molar-refractivity contribution in [1.82, 2.24) is 19.9 Å². The van der Waals surface area contributed by atoms with E-state index in [4.69, 9.17) is 9.47 Å². The summed E-state index contributed by atoms with van der Waals surface area (Å²) in [5.74, 6) is 2.09. The number of H-pyrrole nitrogens is 1. The molecule has 2 aliphatic rings. The van der Waals surface area contributed by atoms with E-state index in [0.717, 1.165) is 34.7 Å². The quantitative estimate of drug-likeness (QED) is 0.711. The number of nitrogens with one attached hydrogen (secondary N) is 1. The minimum atomic E-state index is -0.00722. The predicted octanol–water partition coefficient (Wildman–Crippen LogP) is 1.87. The van der Waals surface area contributed by atoms with E-state index in [2.05, 4.69) is 19.9 Å². The second-order valence-electron chi connectivity index (χ2n) is 7.97. The molecule has 30 heavy (non-hydrogen) atoms. The van der Waals surface area contributed by atoms with Gasteiger partial charge in [0.05, 0.1) is 38.2 Å². The van der Waals surface area contributed by atoms with E-state index in [0.29, 0.717) is 32.7 Å². The fraction of sp³-hybridized carbons (Fsp3) is 0.409. The van der Waals surface area contributed by atoms with Gasteiger partial charge in [0.2, 0.25) is 5.91 Å². The number of methoxy groups -OCH3 is 1. The van der Waals surface area contributed by atoms with Crippen molar-refractivity contribution in [1.29, 1.82) is 0 Å². The molecule has 156 valence electrons. The molecule has 8 nitrogen and oxygen atoms in total. The first-order valence-corrected chi connectivity index (χ1v) is 10.2. The van der Waals surface area contributed by atoms with Gasteiger partial charge in [0.25, 0.3) is 0 Å². The van der Waals surface area contributed by atoms with Crippen molar-refractivity contribution in [3.05, 3.63) is 48.4 Å². The zero-order chi connectivity index (χ0) is 20.5. The van der Waals surface area contributed by atoms with Gasteiger partial charge in [-0.15, -0.1) is 0 Å². The topological polar surface area (TPSA) is 83.6 Å². The second kappa shape index (κ2) is 7.95. The van der Waals surface area contributed by atoms with E-state index in [1.807, 2.05) is 41.4 Å². The van der Waals surface area contributed by atoms with Gasteiger partial charge in [-0.05, 0) is 23.8 Å². The number of benzene rings is 1. The normalized spacial score (nSPS) is 21.5.